The molecule has 0 atom stereocenters. The first-order valence-electron chi connectivity index (χ1n) is 10.2. The summed E-state index contributed by atoms with van der Waals surface area (Å²) in [6.45, 7) is 2.80. The summed E-state index contributed by atoms with van der Waals surface area (Å²) in [5.41, 5.74) is 6.41. The molecule has 0 radical (unpaired) electrons. The predicted octanol–water partition coefficient (Wildman–Crippen LogP) is 3.46. The number of nitro benzene ring substituents is 1. The van der Waals surface area contributed by atoms with Crippen molar-refractivity contribution in [1.82, 2.24) is 4.98 Å². The highest BCUT2D eigenvalue weighted by Crippen LogP contribution is 2.44. The molecule has 2 aromatic carbocycles. The van der Waals surface area contributed by atoms with Crippen LogP contribution in [0.25, 0.3) is 11.3 Å². The van der Waals surface area contributed by atoms with E-state index in [1.807, 2.05) is 36.2 Å². The van der Waals surface area contributed by atoms with E-state index in [-0.39, 0.29) is 16.2 Å². The molecule has 1 aromatic heterocycles. The van der Waals surface area contributed by atoms with Crippen LogP contribution in [-0.4, -0.2) is 43.3 Å². The van der Waals surface area contributed by atoms with Crippen molar-refractivity contribution in [3.05, 3.63) is 80.1 Å². The first kappa shape index (κ1) is 19.3. The Balaban J connectivity index is 1.59. The number of H-pyrrole nitrogens is 1. The van der Waals surface area contributed by atoms with Gasteiger partial charge in [0.25, 0.3) is 5.69 Å². The van der Waals surface area contributed by atoms with Gasteiger partial charge in [-0.25, -0.2) is 0 Å². The smallest absolute Gasteiger partial charge is 0.269 e. The van der Waals surface area contributed by atoms with Crippen LogP contribution < -0.4 is 15.4 Å². The van der Waals surface area contributed by atoms with E-state index < -0.39 is 0 Å². The Morgan fingerprint density at radius 3 is 2.65 bits per heavy atom. The maximum absolute atomic E-state index is 12.5. The molecule has 1 saturated heterocycles. The summed E-state index contributed by atoms with van der Waals surface area (Å²) in [6, 6.07) is 14.6. The maximum Gasteiger partial charge on any atom is 0.269 e. The fourth-order valence-corrected chi connectivity index (χ4v) is 4.51. The van der Waals surface area contributed by atoms with Crippen LogP contribution >= 0.6 is 0 Å². The van der Waals surface area contributed by atoms with Gasteiger partial charge in [0, 0.05) is 61.7 Å². The van der Waals surface area contributed by atoms with Crippen LogP contribution in [0.2, 0.25) is 0 Å². The zero-order valence-electron chi connectivity index (χ0n) is 17.1. The normalized spacial score (nSPS) is 15.4. The zero-order chi connectivity index (χ0) is 21.5. The van der Waals surface area contributed by atoms with E-state index in [1.165, 1.54) is 6.07 Å². The number of benzene rings is 2. The molecule has 1 N–H and O–H groups in total. The number of para-hydroxylation sites is 1. The molecule has 0 unspecified atom stereocenters. The van der Waals surface area contributed by atoms with Gasteiger partial charge >= 0.3 is 0 Å². The van der Waals surface area contributed by atoms with Gasteiger partial charge in [0.15, 0.2) is 0 Å². The number of aromatic nitrogens is 1. The second-order valence-corrected chi connectivity index (χ2v) is 7.84. The van der Waals surface area contributed by atoms with Crippen molar-refractivity contribution in [2.75, 3.05) is 43.2 Å². The molecule has 2 aliphatic rings. The number of pyridine rings is 1. The van der Waals surface area contributed by atoms with Crippen LogP contribution in [0.4, 0.5) is 22.7 Å². The first-order valence-corrected chi connectivity index (χ1v) is 10.2. The van der Waals surface area contributed by atoms with Crippen LogP contribution in [0, 0.1) is 10.1 Å². The summed E-state index contributed by atoms with van der Waals surface area (Å²) in [4.78, 5) is 30.5. The number of nitrogens with zero attached hydrogens (tertiary/aromatic N) is 3. The van der Waals surface area contributed by atoms with Crippen molar-refractivity contribution >= 4 is 22.7 Å². The third kappa shape index (κ3) is 3.44. The van der Waals surface area contributed by atoms with E-state index in [0.29, 0.717) is 19.6 Å². The highest BCUT2D eigenvalue weighted by molar-refractivity contribution is 5.87. The van der Waals surface area contributed by atoms with Crippen molar-refractivity contribution in [3.8, 4) is 11.3 Å². The minimum absolute atomic E-state index is 0.0919. The van der Waals surface area contributed by atoms with E-state index in [0.717, 1.165) is 52.5 Å². The molecule has 31 heavy (non-hydrogen) atoms. The van der Waals surface area contributed by atoms with Crippen molar-refractivity contribution in [1.29, 1.82) is 0 Å². The fraction of sp³-hybridized carbons (Fsp3) is 0.261. The number of anilines is 3. The van der Waals surface area contributed by atoms with Gasteiger partial charge in [0.05, 0.1) is 29.5 Å². The summed E-state index contributed by atoms with van der Waals surface area (Å²) in [5, 5.41) is 11.2. The van der Waals surface area contributed by atoms with Crippen LogP contribution in [0.5, 0.6) is 0 Å². The minimum Gasteiger partial charge on any atom is -0.378 e. The first-order chi connectivity index (χ1) is 15.0. The summed E-state index contributed by atoms with van der Waals surface area (Å²) < 4.78 is 5.43. The average molecular weight is 418 g/mol. The lowest BCUT2D eigenvalue weighted by Crippen LogP contribution is -2.36. The van der Waals surface area contributed by atoms with Crippen LogP contribution in [0.15, 0.2) is 53.3 Å². The van der Waals surface area contributed by atoms with Crippen molar-refractivity contribution in [2.24, 2.45) is 0 Å². The van der Waals surface area contributed by atoms with Crippen LogP contribution in [-0.2, 0) is 11.2 Å². The number of nitrogens with one attached hydrogen (secondary N) is 1. The lowest BCUT2D eigenvalue weighted by Gasteiger charge is -2.32. The predicted molar refractivity (Wildman–Crippen MR) is 119 cm³/mol. The van der Waals surface area contributed by atoms with E-state index in [4.69, 9.17) is 4.74 Å². The number of morpholine rings is 1. The molecule has 3 heterocycles. The minimum atomic E-state index is -0.367. The average Bonchev–Trinajstić information content (AvgIpc) is 2.78. The second kappa shape index (κ2) is 7.55. The van der Waals surface area contributed by atoms with Gasteiger partial charge in [0.2, 0.25) is 5.56 Å². The molecular formula is C23H22N4O4. The Morgan fingerprint density at radius 2 is 1.87 bits per heavy atom. The fourth-order valence-electron chi connectivity index (χ4n) is 4.51. The quantitative estimate of drug-likeness (QED) is 0.517. The molecule has 3 aromatic rings. The van der Waals surface area contributed by atoms with Crippen molar-refractivity contribution in [3.63, 3.8) is 0 Å². The Labute approximate surface area is 178 Å². The molecular weight excluding hydrogens is 396 g/mol. The highest BCUT2D eigenvalue weighted by Gasteiger charge is 2.25. The maximum atomic E-state index is 12.5. The van der Waals surface area contributed by atoms with Gasteiger partial charge in [-0.3, -0.25) is 14.9 Å². The lowest BCUT2D eigenvalue weighted by atomic mass is 9.92. The molecule has 5 rings (SSSR count). The number of rotatable bonds is 3. The number of hydrogen-bond acceptors (Lipinski definition) is 6. The second-order valence-electron chi connectivity index (χ2n) is 7.84. The van der Waals surface area contributed by atoms with Crippen molar-refractivity contribution in [2.45, 2.75) is 6.42 Å². The zero-order valence-corrected chi connectivity index (χ0v) is 17.1. The molecule has 158 valence electrons. The van der Waals surface area contributed by atoms with Gasteiger partial charge in [-0.15, -0.1) is 0 Å². The lowest BCUT2D eigenvalue weighted by molar-refractivity contribution is -0.384. The molecule has 8 heteroatoms. The molecule has 0 amide bonds. The number of ether oxygens (including phenoxy) is 1. The van der Waals surface area contributed by atoms with E-state index in [2.05, 4.69) is 9.88 Å². The Hall–Kier alpha value is -3.65. The summed E-state index contributed by atoms with van der Waals surface area (Å²) >= 11 is 0. The molecule has 2 aliphatic heterocycles. The molecule has 0 bridgehead atoms. The molecule has 1 fully saturated rings. The number of fused-ring (bicyclic) bond motifs is 2. The largest absolute Gasteiger partial charge is 0.378 e. The molecule has 0 aliphatic carbocycles. The number of hydrogen-bond donors (Lipinski definition) is 1. The molecule has 0 saturated carbocycles. The third-order valence-electron chi connectivity index (χ3n) is 5.97. The van der Waals surface area contributed by atoms with E-state index >= 15 is 0 Å². The number of non-ortho nitro benzene ring substituents is 1. The van der Waals surface area contributed by atoms with E-state index in [9.17, 15) is 14.9 Å². The van der Waals surface area contributed by atoms with E-state index in [1.54, 1.807) is 18.2 Å². The number of aromatic amines is 1. The van der Waals surface area contributed by atoms with Gasteiger partial charge in [0.1, 0.15) is 0 Å². The number of nitro groups is 1. The highest BCUT2D eigenvalue weighted by atomic mass is 16.6. The van der Waals surface area contributed by atoms with Crippen molar-refractivity contribution < 1.29 is 9.66 Å². The monoisotopic (exact) mass is 418 g/mol. The van der Waals surface area contributed by atoms with Gasteiger partial charge in [-0.2, -0.15) is 0 Å². The Bertz CT molecular complexity index is 1230. The summed E-state index contributed by atoms with van der Waals surface area (Å²) in [7, 11) is 1.95. The van der Waals surface area contributed by atoms with Crippen LogP contribution in [0.1, 0.15) is 11.1 Å². The Kier molecular flexibility index (Phi) is 4.71. The molecule has 0 spiro atoms. The Morgan fingerprint density at radius 1 is 1.06 bits per heavy atom. The van der Waals surface area contributed by atoms with Gasteiger partial charge in [-0.05, 0) is 23.3 Å². The van der Waals surface area contributed by atoms with Gasteiger partial charge < -0.3 is 19.5 Å². The topological polar surface area (TPSA) is 91.7 Å². The SMILES string of the molecule is CN1c2ccc([N+](=O)[O-])cc2Cc2cccc(-c3cc(N4CCOCC4)cc(=O)[nH]3)c21. The summed E-state index contributed by atoms with van der Waals surface area (Å²) in [5.74, 6) is 0. The summed E-state index contributed by atoms with van der Waals surface area (Å²) in [6.07, 6.45) is 0.595. The third-order valence-corrected chi connectivity index (χ3v) is 5.97. The van der Waals surface area contributed by atoms with Crippen LogP contribution in [0.3, 0.4) is 0 Å². The van der Waals surface area contributed by atoms with Gasteiger partial charge in [-0.1, -0.05) is 18.2 Å². The molecule has 8 nitrogen and oxygen atoms in total. The standard InChI is InChI=1S/C23H22N4O4/c1-25-21-6-5-17(27(29)30)12-16(21)11-15-3-2-4-19(23(15)25)20-13-18(14-22(28)24-20)26-7-9-31-10-8-26/h2-6,12-14H,7-11H2,1H3,(H,24,28).